The van der Waals surface area contributed by atoms with Crippen molar-refractivity contribution in [3.63, 3.8) is 0 Å². The average molecular weight is 350 g/mol. The van der Waals surface area contributed by atoms with E-state index < -0.39 is 5.60 Å². The molecular weight excluding hydrogens is 319 g/mol. The Hall–Kier alpha value is -0.730. The van der Waals surface area contributed by atoms with Crippen molar-refractivity contribution >= 4 is 9.03 Å². The molecule has 0 radical (unpaired) electrons. The maximum atomic E-state index is 10.4. The second-order valence-electron chi connectivity index (χ2n) is 7.76. The van der Waals surface area contributed by atoms with E-state index in [2.05, 4.69) is 39.8 Å². The largest absolute Gasteiger partial charge is 0.383 e. The highest BCUT2D eigenvalue weighted by Crippen LogP contribution is 2.40. The third-order valence-corrected chi connectivity index (χ3v) is 5.65. The molecule has 1 aliphatic heterocycles. The van der Waals surface area contributed by atoms with E-state index in [1.54, 1.807) is 13.0 Å². The Bertz CT molecular complexity index is 561. The zero-order chi connectivity index (χ0) is 17.8. The van der Waals surface area contributed by atoms with Crippen molar-refractivity contribution in [2.45, 2.75) is 65.6 Å². The van der Waals surface area contributed by atoms with Crippen LogP contribution < -0.4 is 0 Å². The quantitative estimate of drug-likeness (QED) is 0.544. The van der Waals surface area contributed by atoms with E-state index in [9.17, 15) is 5.11 Å². The van der Waals surface area contributed by atoms with Crippen LogP contribution in [0.15, 0.2) is 47.1 Å². The van der Waals surface area contributed by atoms with Gasteiger partial charge >= 0.3 is 0 Å². The summed E-state index contributed by atoms with van der Waals surface area (Å²) in [5.74, 6) is 0. The summed E-state index contributed by atoms with van der Waals surface area (Å²) in [6.45, 7) is 11.2. The van der Waals surface area contributed by atoms with Crippen LogP contribution in [0.3, 0.4) is 0 Å². The third-order valence-electron chi connectivity index (χ3n) is 4.98. The lowest BCUT2D eigenvalue weighted by atomic mass is 9.72. The molecule has 134 valence electrons. The summed E-state index contributed by atoms with van der Waals surface area (Å²) >= 11 is 0. The summed E-state index contributed by atoms with van der Waals surface area (Å²) in [7, 11) is 0.0315. The van der Waals surface area contributed by atoms with Gasteiger partial charge in [-0.3, -0.25) is 0 Å². The van der Waals surface area contributed by atoms with E-state index in [1.807, 2.05) is 12.2 Å². The van der Waals surface area contributed by atoms with Gasteiger partial charge in [-0.2, -0.15) is 0 Å². The zero-order valence-corrected chi connectivity index (χ0v) is 16.6. The van der Waals surface area contributed by atoms with Gasteiger partial charge in [0.1, 0.15) is 11.7 Å². The summed E-state index contributed by atoms with van der Waals surface area (Å²) in [5, 5.41) is 10.4. The molecule has 2 rings (SSSR count). The molecule has 0 spiro atoms. The van der Waals surface area contributed by atoms with E-state index in [0.717, 1.165) is 5.57 Å². The maximum absolute atomic E-state index is 10.4. The van der Waals surface area contributed by atoms with Crippen molar-refractivity contribution in [1.29, 1.82) is 0 Å². The summed E-state index contributed by atoms with van der Waals surface area (Å²) in [4.78, 5) is 0. The Balaban J connectivity index is 2.02. The van der Waals surface area contributed by atoms with Crippen LogP contribution in [-0.2, 0) is 9.05 Å². The Kier molecular flexibility index (Phi) is 6.61. The molecule has 4 heteroatoms. The van der Waals surface area contributed by atoms with Crippen molar-refractivity contribution in [1.82, 2.24) is 0 Å². The van der Waals surface area contributed by atoms with Gasteiger partial charge < -0.3 is 14.2 Å². The first kappa shape index (κ1) is 19.6. The maximum Gasteiger partial charge on any atom is 0.155 e. The van der Waals surface area contributed by atoms with Gasteiger partial charge in [0.25, 0.3) is 0 Å². The van der Waals surface area contributed by atoms with E-state index in [1.165, 1.54) is 30.4 Å². The fourth-order valence-electron chi connectivity index (χ4n) is 3.31. The van der Waals surface area contributed by atoms with Crippen molar-refractivity contribution < 1.29 is 14.2 Å². The molecule has 3 atom stereocenters. The second kappa shape index (κ2) is 8.10. The second-order valence-corrected chi connectivity index (χ2v) is 8.45. The summed E-state index contributed by atoms with van der Waals surface area (Å²) < 4.78 is 10.6. The van der Waals surface area contributed by atoms with Crippen LogP contribution in [0.1, 0.15) is 53.9 Å². The minimum atomic E-state index is -1.01. The summed E-state index contributed by atoms with van der Waals surface area (Å²) in [5.41, 5.74) is 3.39. The standard InChI is InChI=1S/C20H31O3P/c1-15(8-6-13-20(5,21)18-14-22-24-23-18)10-11-17-16(2)9-7-12-19(17,3)4/h6,8,10-11,13,18,21,24H,7,9,12,14H2,1-5H3/b11-10+,13-6+,15-8+. The van der Waals surface area contributed by atoms with Crippen molar-refractivity contribution in [2.75, 3.05) is 6.61 Å². The molecular formula is C20H31O3P. The van der Waals surface area contributed by atoms with E-state index >= 15 is 0 Å². The van der Waals surface area contributed by atoms with Gasteiger partial charge in [0, 0.05) is 0 Å². The van der Waals surface area contributed by atoms with Gasteiger partial charge in [0.05, 0.1) is 6.61 Å². The van der Waals surface area contributed by atoms with E-state index in [0.29, 0.717) is 6.61 Å². The lowest BCUT2D eigenvalue weighted by molar-refractivity contribution is 0.00181. The molecule has 0 bridgehead atoms. The summed E-state index contributed by atoms with van der Waals surface area (Å²) in [6, 6.07) is 0. The first-order chi connectivity index (χ1) is 11.2. The smallest absolute Gasteiger partial charge is 0.155 e. The molecule has 3 unspecified atom stereocenters. The molecule has 2 aliphatic rings. The van der Waals surface area contributed by atoms with Crippen LogP contribution >= 0.6 is 9.03 Å². The highest BCUT2D eigenvalue weighted by atomic mass is 31.1. The fourth-order valence-corrected chi connectivity index (χ4v) is 4.02. The summed E-state index contributed by atoms with van der Waals surface area (Å²) in [6.07, 6.45) is 13.6. The topological polar surface area (TPSA) is 38.7 Å². The molecule has 1 fully saturated rings. The van der Waals surface area contributed by atoms with Crippen molar-refractivity contribution in [2.24, 2.45) is 5.41 Å². The lowest BCUT2D eigenvalue weighted by Crippen LogP contribution is -2.38. The Morgan fingerprint density at radius 2 is 2.17 bits per heavy atom. The van der Waals surface area contributed by atoms with Crippen molar-refractivity contribution in [3.05, 3.63) is 47.1 Å². The highest BCUT2D eigenvalue weighted by molar-refractivity contribution is 7.26. The van der Waals surface area contributed by atoms with Gasteiger partial charge in [-0.25, -0.2) is 0 Å². The van der Waals surface area contributed by atoms with Gasteiger partial charge in [-0.15, -0.1) is 0 Å². The van der Waals surface area contributed by atoms with Gasteiger partial charge in [0.15, 0.2) is 9.03 Å². The Morgan fingerprint density at radius 1 is 1.42 bits per heavy atom. The fraction of sp³-hybridized carbons (Fsp3) is 0.600. The van der Waals surface area contributed by atoms with Crippen LogP contribution in [0, 0.1) is 5.41 Å². The van der Waals surface area contributed by atoms with Gasteiger partial charge in [0.2, 0.25) is 0 Å². The Labute approximate surface area is 148 Å². The number of hydrogen-bond donors (Lipinski definition) is 1. The van der Waals surface area contributed by atoms with Gasteiger partial charge in [-0.1, -0.05) is 55.4 Å². The van der Waals surface area contributed by atoms with Gasteiger partial charge in [-0.05, 0) is 51.0 Å². The van der Waals surface area contributed by atoms with E-state index in [4.69, 9.17) is 9.05 Å². The first-order valence-corrected chi connectivity index (χ1v) is 9.53. The molecule has 0 amide bonds. The minimum Gasteiger partial charge on any atom is -0.383 e. The zero-order valence-electron chi connectivity index (χ0n) is 15.6. The number of rotatable bonds is 5. The minimum absolute atomic E-state index is 0.0315. The lowest BCUT2D eigenvalue weighted by Gasteiger charge is -2.32. The number of hydrogen-bond acceptors (Lipinski definition) is 3. The van der Waals surface area contributed by atoms with Crippen LogP contribution in [0.25, 0.3) is 0 Å². The SMILES string of the molecule is CC1=C(/C=C/C(C)=C/C=C/C(C)(O)C2COPO2)C(C)(C)CCC1. The molecule has 0 aromatic carbocycles. The molecule has 3 nitrogen and oxygen atoms in total. The van der Waals surface area contributed by atoms with Crippen LogP contribution in [-0.4, -0.2) is 23.4 Å². The monoisotopic (exact) mass is 350 g/mol. The van der Waals surface area contributed by atoms with Crippen LogP contribution in [0.5, 0.6) is 0 Å². The molecule has 1 heterocycles. The normalized spacial score (nSPS) is 29.1. The predicted molar refractivity (Wildman–Crippen MR) is 102 cm³/mol. The first-order valence-electron chi connectivity index (χ1n) is 8.71. The predicted octanol–water partition coefficient (Wildman–Crippen LogP) is 5.25. The molecule has 24 heavy (non-hydrogen) atoms. The van der Waals surface area contributed by atoms with Crippen LogP contribution in [0.4, 0.5) is 0 Å². The molecule has 0 aromatic heterocycles. The van der Waals surface area contributed by atoms with Crippen LogP contribution in [0.2, 0.25) is 0 Å². The molecule has 1 saturated heterocycles. The number of aliphatic hydroxyl groups is 1. The molecule has 0 aromatic rings. The Morgan fingerprint density at radius 3 is 2.79 bits per heavy atom. The molecule has 1 N–H and O–H groups in total. The number of allylic oxidation sites excluding steroid dienone is 7. The van der Waals surface area contributed by atoms with Crippen molar-refractivity contribution in [3.8, 4) is 0 Å². The highest BCUT2D eigenvalue weighted by Gasteiger charge is 2.33. The molecule has 1 aliphatic carbocycles. The average Bonchev–Trinajstić information content (AvgIpc) is 3.00. The van der Waals surface area contributed by atoms with E-state index in [-0.39, 0.29) is 20.6 Å². The third kappa shape index (κ3) is 5.13. The molecule has 0 saturated carbocycles.